The zero-order valence-corrected chi connectivity index (χ0v) is 12.4. The van der Waals surface area contributed by atoms with Gasteiger partial charge in [-0.3, -0.25) is 0 Å². The molecule has 0 radical (unpaired) electrons. The van der Waals surface area contributed by atoms with Gasteiger partial charge in [0, 0.05) is 22.8 Å². The lowest BCUT2D eigenvalue weighted by Crippen LogP contribution is -2.38. The van der Waals surface area contributed by atoms with Crippen LogP contribution in [0, 0.1) is 0 Å². The molecule has 0 aliphatic heterocycles. The van der Waals surface area contributed by atoms with Crippen LogP contribution in [0.5, 0.6) is 0 Å². The monoisotopic (exact) mass is 308 g/mol. The first-order valence-corrected chi connectivity index (χ1v) is 7.98. The fourth-order valence-corrected chi connectivity index (χ4v) is 3.97. The van der Waals surface area contributed by atoms with E-state index in [1.165, 1.54) is 3.97 Å². The van der Waals surface area contributed by atoms with E-state index in [9.17, 15) is 8.42 Å². The number of fused-ring (bicyclic) bond motifs is 1. The largest absolute Gasteiger partial charge is 0.249 e. The highest BCUT2D eigenvalue weighted by molar-refractivity contribution is 7.91. The molecule has 2 heterocycles. The van der Waals surface area contributed by atoms with E-state index in [1.54, 1.807) is 49.7 Å². The first kappa shape index (κ1) is 13.4. The molecule has 0 saturated carbocycles. The lowest BCUT2D eigenvalue weighted by molar-refractivity contribution is 0.554. The first-order chi connectivity index (χ1) is 9.44. The van der Waals surface area contributed by atoms with Crippen LogP contribution in [-0.2, 0) is 10.0 Å². The molecule has 2 aromatic rings. The molecule has 1 aliphatic rings. The molecule has 0 N–H and O–H groups in total. The lowest BCUT2D eigenvalue weighted by atomic mass is 10.0. The van der Waals surface area contributed by atoms with Gasteiger partial charge in [-0.05, 0) is 37.6 Å². The zero-order valence-electron chi connectivity index (χ0n) is 10.8. The molecule has 4 nitrogen and oxygen atoms in total. The zero-order chi connectivity index (χ0) is 14.4. The van der Waals surface area contributed by atoms with E-state index >= 15 is 0 Å². The highest BCUT2D eigenvalue weighted by atomic mass is 35.5. The third-order valence-electron chi connectivity index (χ3n) is 3.56. The normalized spacial score (nSPS) is 23.0. The van der Waals surface area contributed by atoms with E-state index in [2.05, 4.69) is 4.98 Å². The Morgan fingerprint density at radius 3 is 2.90 bits per heavy atom. The average Bonchev–Trinajstić information content (AvgIpc) is 2.86. The van der Waals surface area contributed by atoms with Crippen LogP contribution in [0.3, 0.4) is 0 Å². The minimum absolute atomic E-state index is 0.344. The predicted octanol–water partition coefficient (Wildman–Crippen LogP) is 3.06. The van der Waals surface area contributed by atoms with E-state index in [0.717, 1.165) is 5.39 Å². The highest BCUT2D eigenvalue weighted by Crippen LogP contribution is 2.32. The van der Waals surface area contributed by atoms with Gasteiger partial charge in [-0.1, -0.05) is 23.8 Å². The summed E-state index contributed by atoms with van der Waals surface area (Å²) in [7, 11) is -3.60. The van der Waals surface area contributed by atoms with Crippen molar-refractivity contribution in [3.63, 3.8) is 0 Å². The van der Waals surface area contributed by atoms with Crippen molar-refractivity contribution in [1.29, 1.82) is 0 Å². The molecule has 0 spiro atoms. The van der Waals surface area contributed by atoms with Crippen LogP contribution in [0.15, 0.2) is 53.9 Å². The molecule has 0 fully saturated rings. The molecule has 2 aromatic heterocycles. The molecular formula is C14H13ClN2O2S. The molecule has 104 valence electrons. The summed E-state index contributed by atoms with van der Waals surface area (Å²) in [5, 5.41) is 1.36. The molecule has 6 heteroatoms. The Hall–Kier alpha value is -1.59. The van der Waals surface area contributed by atoms with Gasteiger partial charge in [-0.25, -0.2) is 17.4 Å². The number of nitrogens with zero attached hydrogens (tertiary/aromatic N) is 2. The van der Waals surface area contributed by atoms with E-state index in [1.807, 2.05) is 6.07 Å². The van der Waals surface area contributed by atoms with Crippen molar-refractivity contribution in [3.05, 3.63) is 53.9 Å². The van der Waals surface area contributed by atoms with Gasteiger partial charge in [0.25, 0.3) is 0 Å². The van der Waals surface area contributed by atoms with Crippen LogP contribution in [-0.4, -0.2) is 22.1 Å². The first-order valence-electron chi connectivity index (χ1n) is 6.16. The number of pyridine rings is 1. The van der Waals surface area contributed by atoms with Crippen molar-refractivity contribution in [1.82, 2.24) is 8.96 Å². The minimum Gasteiger partial charge on any atom is -0.237 e. The number of aromatic nitrogens is 2. The van der Waals surface area contributed by atoms with Gasteiger partial charge in [0.2, 0.25) is 10.0 Å². The van der Waals surface area contributed by atoms with Crippen molar-refractivity contribution in [3.8, 4) is 0 Å². The van der Waals surface area contributed by atoms with Gasteiger partial charge in [0.1, 0.15) is 4.75 Å². The van der Waals surface area contributed by atoms with E-state index in [-0.39, 0.29) is 0 Å². The SMILES string of the molecule is CC1(S(=O)(=O)n2ccc3cccnc32)C=CC(Cl)=CC1. The number of hydrogen-bond donors (Lipinski definition) is 0. The van der Waals surface area contributed by atoms with Crippen molar-refractivity contribution in [2.24, 2.45) is 0 Å². The average molecular weight is 309 g/mol. The molecular weight excluding hydrogens is 296 g/mol. The maximum atomic E-state index is 12.9. The molecule has 0 saturated heterocycles. The van der Waals surface area contributed by atoms with E-state index < -0.39 is 14.8 Å². The van der Waals surface area contributed by atoms with Crippen LogP contribution in [0.25, 0.3) is 11.0 Å². The molecule has 1 aliphatic carbocycles. The van der Waals surface area contributed by atoms with Crippen LogP contribution in [0.1, 0.15) is 13.3 Å². The Labute approximate surface area is 122 Å². The molecule has 0 amide bonds. The summed E-state index contributed by atoms with van der Waals surface area (Å²) in [6, 6.07) is 5.37. The second kappa shape index (κ2) is 4.46. The maximum Gasteiger partial charge on any atom is 0.249 e. The second-order valence-corrected chi connectivity index (χ2v) is 7.68. The second-order valence-electron chi connectivity index (χ2n) is 4.97. The van der Waals surface area contributed by atoms with Gasteiger partial charge in [-0.2, -0.15) is 0 Å². The van der Waals surface area contributed by atoms with Crippen LogP contribution >= 0.6 is 11.6 Å². The Bertz CT molecular complexity index is 836. The van der Waals surface area contributed by atoms with Crippen LogP contribution in [0.2, 0.25) is 0 Å². The molecule has 3 rings (SSSR count). The Morgan fingerprint density at radius 1 is 1.40 bits per heavy atom. The summed E-state index contributed by atoms with van der Waals surface area (Å²) in [5.41, 5.74) is 0.447. The topological polar surface area (TPSA) is 52.0 Å². The van der Waals surface area contributed by atoms with E-state index in [0.29, 0.717) is 17.1 Å². The fourth-order valence-electron chi connectivity index (χ4n) is 2.24. The standard InChI is InChI=1S/C14H13ClN2O2S/c1-14(7-4-12(15)5-8-14)20(18,19)17-10-6-11-3-2-9-16-13(11)17/h2-7,9-10H,8H2,1H3. The van der Waals surface area contributed by atoms with Gasteiger partial charge in [0.15, 0.2) is 5.65 Å². The summed E-state index contributed by atoms with van der Waals surface area (Å²) in [4.78, 5) is 4.17. The maximum absolute atomic E-state index is 12.9. The van der Waals surface area contributed by atoms with Crippen molar-refractivity contribution in [2.75, 3.05) is 0 Å². The summed E-state index contributed by atoms with van der Waals surface area (Å²) >= 11 is 5.87. The Kier molecular flexibility index (Phi) is 2.99. The van der Waals surface area contributed by atoms with Crippen molar-refractivity contribution < 1.29 is 8.42 Å². The summed E-state index contributed by atoms with van der Waals surface area (Å²) in [5.74, 6) is 0. The molecule has 1 atom stereocenters. The molecule has 0 bridgehead atoms. The van der Waals surface area contributed by atoms with E-state index in [4.69, 9.17) is 11.6 Å². The number of allylic oxidation sites excluding steroid dienone is 3. The van der Waals surface area contributed by atoms with Crippen LogP contribution < -0.4 is 0 Å². The third-order valence-corrected chi connectivity index (χ3v) is 6.13. The van der Waals surface area contributed by atoms with Crippen molar-refractivity contribution >= 4 is 32.7 Å². The highest BCUT2D eigenvalue weighted by Gasteiger charge is 2.39. The lowest BCUT2D eigenvalue weighted by Gasteiger charge is -2.27. The van der Waals surface area contributed by atoms with Gasteiger partial charge < -0.3 is 0 Å². The Morgan fingerprint density at radius 2 is 2.20 bits per heavy atom. The quantitative estimate of drug-likeness (QED) is 0.857. The Balaban J connectivity index is 2.16. The summed E-state index contributed by atoms with van der Waals surface area (Å²) in [6.45, 7) is 1.69. The predicted molar refractivity (Wildman–Crippen MR) is 80.1 cm³/mol. The third kappa shape index (κ3) is 1.89. The smallest absolute Gasteiger partial charge is 0.237 e. The number of hydrogen-bond acceptors (Lipinski definition) is 3. The fraction of sp³-hybridized carbons (Fsp3) is 0.214. The molecule has 0 aromatic carbocycles. The minimum atomic E-state index is -3.60. The van der Waals surface area contributed by atoms with Gasteiger partial charge in [0.05, 0.1) is 0 Å². The number of halogens is 1. The van der Waals surface area contributed by atoms with Gasteiger partial charge >= 0.3 is 0 Å². The molecule has 1 unspecified atom stereocenters. The number of rotatable bonds is 2. The summed E-state index contributed by atoms with van der Waals surface area (Å²) in [6.07, 6.45) is 8.47. The van der Waals surface area contributed by atoms with Gasteiger partial charge in [-0.15, -0.1) is 0 Å². The summed E-state index contributed by atoms with van der Waals surface area (Å²) < 4.78 is 26.0. The van der Waals surface area contributed by atoms with Crippen LogP contribution in [0.4, 0.5) is 0 Å². The molecule has 20 heavy (non-hydrogen) atoms. The van der Waals surface area contributed by atoms with Crippen molar-refractivity contribution in [2.45, 2.75) is 18.1 Å².